The first kappa shape index (κ1) is 22.5. The Labute approximate surface area is 192 Å². The van der Waals surface area contributed by atoms with Gasteiger partial charge in [-0.25, -0.2) is 18.4 Å². The van der Waals surface area contributed by atoms with Gasteiger partial charge in [0.05, 0.1) is 7.11 Å². The number of nitrogens with one attached hydrogen (secondary N) is 2. The predicted octanol–water partition coefficient (Wildman–Crippen LogP) is 3.77. The summed E-state index contributed by atoms with van der Waals surface area (Å²) in [5.41, 5.74) is 3.33. The maximum atomic E-state index is 13.2. The van der Waals surface area contributed by atoms with Crippen molar-refractivity contribution in [2.45, 2.75) is 31.6 Å². The quantitative estimate of drug-likeness (QED) is 0.544. The van der Waals surface area contributed by atoms with E-state index in [2.05, 4.69) is 20.0 Å². The summed E-state index contributed by atoms with van der Waals surface area (Å²) < 4.78 is 34.2. The molecule has 0 bridgehead atoms. The van der Waals surface area contributed by atoms with Crippen molar-refractivity contribution in [3.05, 3.63) is 59.9 Å². The summed E-state index contributed by atoms with van der Waals surface area (Å²) in [5, 5.41) is 3.11. The maximum Gasteiger partial charge on any atom is 0.265 e. The van der Waals surface area contributed by atoms with Crippen LogP contribution in [0, 0.1) is 13.8 Å². The second-order valence-electron chi connectivity index (χ2n) is 7.77. The SMILES string of the molecule is COc1ccc(N2CCCC2=O)cc1S(=O)(=O)Nc1ccc(Nc2nc(C)cc(C)n2)cc1. The monoisotopic (exact) mass is 467 g/mol. The van der Waals surface area contributed by atoms with Crippen molar-refractivity contribution in [1.29, 1.82) is 0 Å². The van der Waals surface area contributed by atoms with Crippen molar-refractivity contribution in [2.24, 2.45) is 0 Å². The fraction of sp³-hybridized carbons (Fsp3) is 0.261. The van der Waals surface area contributed by atoms with Crippen LogP contribution in [-0.2, 0) is 14.8 Å². The second-order valence-corrected chi connectivity index (χ2v) is 9.42. The number of anilines is 4. The van der Waals surface area contributed by atoms with E-state index in [1.807, 2.05) is 19.9 Å². The predicted molar refractivity (Wildman–Crippen MR) is 127 cm³/mol. The second kappa shape index (κ2) is 9.07. The van der Waals surface area contributed by atoms with Gasteiger partial charge in [-0.3, -0.25) is 9.52 Å². The summed E-state index contributed by atoms with van der Waals surface area (Å²) >= 11 is 0. The normalized spacial score (nSPS) is 13.8. The molecule has 0 atom stereocenters. The number of methoxy groups -OCH3 is 1. The molecule has 0 saturated carbocycles. The molecule has 172 valence electrons. The van der Waals surface area contributed by atoms with Crippen molar-refractivity contribution in [1.82, 2.24) is 9.97 Å². The molecule has 9 nitrogen and oxygen atoms in total. The molecule has 1 amide bonds. The molecule has 2 heterocycles. The number of sulfonamides is 1. The van der Waals surface area contributed by atoms with Gasteiger partial charge in [-0.2, -0.15) is 0 Å². The minimum atomic E-state index is -3.97. The van der Waals surface area contributed by atoms with E-state index >= 15 is 0 Å². The Hall–Kier alpha value is -3.66. The zero-order valence-corrected chi connectivity index (χ0v) is 19.4. The number of carbonyl (C=O) groups is 1. The van der Waals surface area contributed by atoms with Gasteiger partial charge >= 0.3 is 0 Å². The van der Waals surface area contributed by atoms with Crippen molar-refractivity contribution >= 4 is 38.9 Å². The van der Waals surface area contributed by atoms with Crippen molar-refractivity contribution < 1.29 is 17.9 Å². The van der Waals surface area contributed by atoms with Gasteiger partial charge in [-0.15, -0.1) is 0 Å². The molecule has 1 saturated heterocycles. The molecule has 1 aromatic heterocycles. The Kier molecular flexibility index (Phi) is 6.19. The van der Waals surface area contributed by atoms with E-state index < -0.39 is 10.0 Å². The average molecular weight is 468 g/mol. The summed E-state index contributed by atoms with van der Waals surface area (Å²) in [4.78, 5) is 22.3. The molecule has 2 aromatic carbocycles. The Morgan fingerprint density at radius 3 is 2.24 bits per heavy atom. The topological polar surface area (TPSA) is 114 Å². The third kappa shape index (κ3) is 5.06. The first-order valence-corrected chi connectivity index (χ1v) is 11.9. The van der Waals surface area contributed by atoms with Crippen LogP contribution in [0.15, 0.2) is 53.4 Å². The molecule has 1 aliphatic rings. The lowest BCUT2D eigenvalue weighted by atomic mass is 10.3. The Balaban J connectivity index is 1.55. The number of aromatic nitrogens is 2. The smallest absolute Gasteiger partial charge is 0.265 e. The van der Waals surface area contributed by atoms with E-state index in [9.17, 15) is 13.2 Å². The molecule has 1 fully saturated rings. The molecule has 10 heteroatoms. The van der Waals surface area contributed by atoms with Crippen molar-refractivity contribution in [2.75, 3.05) is 28.6 Å². The summed E-state index contributed by atoms with van der Waals surface area (Å²) in [5.74, 6) is 0.648. The molecule has 4 rings (SSSR count). The molecular weight excluding hydrogens is 442 g/mol. The van der Waals surface area contributed by atoms with Crippen molar-refractivity contribution in [3.63, 3.8) is 0 Å². The van der Waals surface area contributed by atoms with Crippen LogP contribution in [0.5, 0.6) is 5.75 Å². The van der Waals surface area contributed by atoms with E-state index in [0.29, 0.717) is 30.3 Å². The molecule has 1 aliphatic heterocycles. The molecule has 3 aromatic rings. The molecule has 33 heavy (non-hydrogen) atoms. The van der Waals surface area contributed by atoms with Crippen LogP contribution in [-0.4, -0.2) is 37.9 Å². The van der Waals surface area contributed by atoms with Crippen LogP contribution in [0.3, 0.4) is 0 Å². The van der Waals surface area contributed by atoms with Crippen LogP contribution in [0.1, 0.15) is 24.2 Å². The van der Waals surface area contributed by atoms with Gasteiger partial charge < -0.3 is 15.0 Å². The first-order chi connectivity index (χ1) is 15.7. The minimum Gasteiger partial charge on any atom is -0.495 e. The Morgan fingerprint density at radius 1 is 0.970 bits per heavy atom. The molecule has 0 radical (unpaired) electrons. The lowest BCUT2D eigenvalue weighted by Crippen LogP contribution is -2.24. The Morgan fingerprint density at radius 2 is 1.64 bits per heavy atom. The summed E-state index contributed by atoms with van der Waals surface area (Å²) in [6, 6.07) is 13.4. The number of aryl methyl sites for hydroxylation is 2. The van der Waals surface area contributed by atoms with Gasteiger partial charge in [0.2, 0.25) is 11.9 Å². The Bertz CT molecular complexity index is 1270. The van der Waals surface area contributed by atoms with E-state index in [1.165, 1.54) is 13.2 Å². The van der Waals surface area contributed by atoms with Gasteiger partial charge in [0, 0.05) is 41.4 Å². The average Bonchev–Trinajstić information content (AvgIpc) is 3.19. The third-order valence-corrected chi connectivity index (χ3v) is 6.60. The number of nitrogens with zero attached hydrogens (tertiary/aromatic N) is 3. The van der Waals surface area contributed by atoms with Crippen LogP contribution >= 0.6 is 0 Å². The highest BCUT2D eigenvalue weighted by Crippen LogP contribution is 2.32. The van der Waals surface area contributed by atoms with Gasteiger partial charge in [-0.1, -0.05) is 0 Å². The van der Waals surface area contributed by atoms with Gasteiger partial charge in [0.25, 0.3) is 10.0 Å². The first-order valence-electron chi connectivity index (χ1n) is 10.5. The number of hydrogen-bond acceptors (Lipinski definition) is 7. The molecular formula is C23H25N5O4S. The molecule has 0 unspecified atom stereocenters. The molecule has 2 N–H and O–H groups in total. The number of hydrogen-bond donors (Lipinski definition) is 2. The number of ether oxygens (including phenoxy) is 1. The number of rotatable bonds is 7. The van der Waals surface area contributed by atoms with E-state index in [4.69, 9.17) is 4.74 Å². The fourth-order valence-electron chi connectivity index (χ4n) is 3.71. The van der Waals surface area contributed by atoms with E-state index in [-0.39, 0.29) is 16.6 Å². The minimum absolute atomic E-state index is 0.0210. The highest BCUT2D eigenvalue weighted by molar-refractivity contribution is 7.92. The maximum absolute atomic E-state index is 13.2. The summed E-state index contributed by atoms with van der Waals surface area (Å²) in [6.45, 7) is 4.35. The molecule has 0 aliphatic carbocycles. The standard InChI is InChI=1S/C23H25N5O4S/c1-15-13-16(2)25-23(24-15)26-17-6-8-18(9-7-17)27-33(30,31)21-14-19(10-11-20(21)32-3)28-12-4-5-22(28)29/h6-11,13-14,27H,4-5,12H2,1-3H3,(H,24,25,26). The lowest BCUT2D eigenvalue weighted by molar-refractivity contribution is -0.117. The van der Waals surface area contributed by atoms with E-state index in [0.717, 1.165) is 23.5 Å². The number of benzene rings is 2. The van der Waals surface area contributed by atoms with Crippen LogP contribution in [0.25, 0.3) is 0 Å². The van der Waals surface area contributed by atoms with Gasteiger partial charge in [-0.05, 0) is 68.8 Å². The third-order valence-electron chi connectivity index (χ3n) is 5.20. The number of amides is 1. The lowest BCUT2D eigenvalue weighted by Gasteiger charge is -2.18. The number of carbonyl (C=O) groups excluding carboxylic acids is 1. The highest BCUT2D eigenvalue weighted by Gasteiger charge is 2.26. The van der Waals surface area contributed by atoms with E-state index in [1.54, 1.807) is 41.3 Å². The largest absolute Gasteiger partial charge is 0.495 e. The fourth-order valence-corrected chi connectivity index (χ4v) is 4.96. The van der Waals surface area contributed by atoms with Crippen LogP contribution in [0.2, 0.25) is 0 Å². The van der Waals surface area contributed by atoms with Gasteiger partial charge in [0.1, 0.15) is 10.6 Å². The van der Waals surface area contributed by atoms with Crippen LogP contribution in [0.4, 0.5) is 23.0 Å². The van der Waals surface area contributed by atoms with Crippen LogP contribution < -0.4 is 19.7 Å². The summed E-state index contributed by atoms with van der Waals surface area (Å²) in [7, 11) is -2.56. The zero-order valence-electron chi connectivity index (χ0n) is 18.6. The molecule has 0 spiro atoms. The summed E-state index contributed by atoms with van der Waals surface area (Å²) in [6.07, 6.45) is 1.21. The van der Waals surface area contributed by atoms with Gasteiger partial charge in [0.15, 0.2) is 0 Å². The zero-order chi connectivity index (χ0) is 23.6. The highest BCUT2D eigenvalue weighted by atomic mass is 32.2. The van der Waals surface area contributed by atoms with Crippen molar-refractivity contribution in [3.8, 4) is 5.75 Å².